The predicted octanol–water partition coefficient (Wildman–Crippen LogP) is 5.71. The second kappa shape index (κ2) is 8.12. The Hall–Kier alpha value is -2.66. The molecule has 2 atom stereocenters. The highest BCUT2D eigenvalue weighted by molar-refractivity contribution is 7.80. The van der Waals surface area contributed by atoms with Crippen molar-refractivity contribution in [1.82, 2.24) is 19.8 Å². The molecule has 1 N–H and O–H groups in total. The van der Waals surface area contributed by atoms with Crippen molar-refractivity contribution in [3.8, 4) is 5.69 Å². The third-order valence-electron chi connectivity index (χ3n) is 7.17. The largest absolute Gasteiger partial charge is 0.352 e. The molecule has 5 rings (SSSR count). The van der Waals surface area contributed by atoms with Gasteiger partial charge in [-0.3, -0.25) is 4.98 Å². The average Bonchev–Trinajstić information content (AvgIpc) is 3.48. The maximum atomic E-state index is 5.93. The first kappa shape index (κ1) is 20.3. The van der Waals surface area contributed by atoms with E-state index >= 15 is 0 Å². The van der Waals surface area contributed by atoms with Crippen LogP contribution in [0.4, 0.5) is 0 Å². The molecule has 0 unspecified atom stereocenters. The van der Waals surface area contributed by atoms with E-state index < -0.39 is 0 Å². The third-order valence-corrected chi connectivity index (χ3v) is 7.50. The second-order valence-electron chi connectivity index (χ2n) is 8.85. The van der Waals surface area contributed by atoms with Gasteiger partial charge in [0.2, 0.25) is 0 Å². The summed E-state index contributed by atoms with van der Waals surface area (Å²) in [5, 5.41) is 4.53. The van der Waals surface area contributed by atoms with E-state index in [2.05, 4.69) is 78.0 Å². The normalized spacial score (nSPS) is 21.6. The zero-order chi connectivity index (χ0) is 21.5. The quantitative estimate of drug-likeness (QED) is 0.537. The summed E-state index contributed by atoms with van der Waals surface area (Å²) in [6.07, 6.45) is 6.88. The number of thiocarbonyl (C=S) groups is 1. The number of hydrogen-bond acceptors (Lipinski definition) is 2. The Morgan fingerprint density at radius 3 is 2.32 bits per heavy atom. The van der Waals surface area contributed by atoms with Crippen molar-refractivity contribution in [1.29, 1.82) is 0 Å². The fourth-order valence-corrected chi connectivity index (χ4v) is 6.05. The summed E-state index contributed by atoms with van der Waals surface area (Å²) in [6, 6.07) is 17.5. The van der Waals surface area contributed by atoms with Crippen LogP contribution in [0, 0.1) is 20.8 Å². The van der Waals surface area contributed by atoms with Gasteiger partial charge in [0.15, 0.2) is 5.11 Å². The van der Waals surface area contributed by atoms with Crippen LogP contribution in [-0.2, 0) is 0 Å². The summed E-state index contributed by atoms with van der Waals surface area (Å²) in [6.45, 7) is 6.75. The van der Waals surface area contributed by atoms with Crippen molar-refractivity contribution in [2.45, 2.75) is 64.6 Å². The molecule has 160 valence electrons. The maximum Gasteiger partial charge on any atom is 0.170 e. The summed E-state index contributed by atoms with van der Waals surface area (Å²) in [4.78, 5) is 7.23. The number of aromatic nitrogens is 2. The lowest BCUT2D eigenvalue weighted by atomic mass is 9.92. The van der Waals surface area contributed by atoms with Crippen molar-refractivity contribution < 1.29 is 0 Å². The maximum absolute atomic E-state index is 5.93. The van der Waals surface area contributed by atoms with Crippen LogP contribution in [0.25, 0.3) is 5.69 Å². The molecule has 2 fully saturated rings. The van der Waals surface area contributed by atoms with E-state index in [4.69, 9.17) is 17.2 Å². The van der Waals surface area contributed by atoms with E-state index in [-0.39, 0.29) is 12.1 Å². The Balaban J connectivity index is 1.68. The van der Waals surface area contributed by atoms with Gasteiger partial charge in [0.05, 0.1) is 17.8 Å². The lowest BCUT2D eigenvalue weighted by Crippen LogP contribution is -2.38. The summed E-state index contributed by atoms with van der Waals surface area (Å²) in [5.74, 6) is 0. The number of rotatable bonds is 4. The molecule has 0 spiro atoms. The Morgan fingerprint density at radius 1 is 0.935 bits per heavy atom. The third kappa shape index (κ3) is 3.35. The zero-order valence-corrected chi connectivity index (χ0v) is 19.3. The van der Waals surface area contributed by atoms with Crippen molar-refractivity contribution in [2.24, 2.45) is 0 Å². The molecule has 5 heteroatoms. The molecule has 31 heavy (non-hydrogen) atoms. The molecule has 1 aromatic carbocycles. The first-order valence-electron chi connectivity index (χ1n) is 11.3. The molecule has 0 amide bonds. The van der Waals surface area contributed by atoms with Gasteiger partial charge in [-0.15, -0.1) is 0 Å². The van der Waals surface area contributed by atoms with Crippen LogP contribution in [0.1, 0.15) is 66.0 Å². The molecule has 1 aliphatic heterocycles. The Labute approximate surface area is 190 Å². The number of benzene rings is 1. The SMILES string of the molecule is Cc1c([C@@H]2[C@H](c3ccccn3)NC(=S)N2C2CCCC2)c(C)n(-c2ccccc2)c1C. The summed E-state index contributed by atoms with van der Waals surface area (Å²) in [7, 11) is 0. The van der Waals surface area contributed by atoms with Crippen LogP contribution >= 0.6 is 12.2 Å². The molecule has 1 aliphatic carbocycles. The standard InChI is InChI=1S/C26H30N4S/c1-17-18(2)29(20-11-5-4-6-12-20)19(3)23(17)25-24(22-15-9-10-16-27-22)28-26(31)30(25)21-13-7-8-14-21/h4-6,9-12,15-16,21,24-25H,7-8,13-14H2,1-3H3,(H,28,31)/t24-,25+/m0/s1. The summed E-state index contributed by atoms with van der Waals surface area (Å²) < 4.78 is 2.40. The molecule has 4 nitrogen and oxygen atoms in total. The van der Waals surface area contributed by atoms with E-state index in [1.165, 1.54) is 53.9 Å². The van der Waals surface area contributed by atoms with Crippen LogP contribution in [-0.4, -0.2) is 25.6 Å². The predicted molar refractivity (Wildman–Crippen MR) is 130 cm³/mol. The Bertz CT molecular complexity index is 1080. The van der Waals surface area contributed by atoms with E-state index in [0.717, 1.165) is 10.8 Å². The van der Waals surface area contributed by atoms with Gasteiger partial charge in [-0.25, -0.2) is 0 Å². The lowest BCUT2D eigenvalue weighted by molar-refractivity contribution is 0.244. The number of nitrogens with zero attached hydrogens (tertiary/aromatic N) is 3. The van der Waals surface area contributed by atoms with Gasteiger partial charge in [0.25, 0.3) is 0 Å². The van der Waals surface area contributed by atoms with Gasteiger partial charge in [-0.1, -0.05) is 37.1 Å². The van der Waals surface area contributed by atoms with Crippen LogP contribution in [0.15, 0.2) is 54.7 Å². The van der Waals surface area contributed by atoms with Crippen molar-refractivity contribution in [3.63, 3.8) is 0 Å². The van der Waals surface area contributed by atoms with Gasteiger partial charge >= 0.3 is 0 Å². The zero-order valence-electron chi connectivity index (χ0n) is 18.5. The second-order valence-corrected chi connectivity index (χ2v) is 9.24. The number of hydrogen-bond donors (Lipinski definition) is 1. The van der Waals surface area contributed by atoms with E-state index in [9.17, 15) is 0 Å². The minimum Gasteiger partial charge on any atom is -0.352 e. The summed E-state index contributed by atoms with van der Waals surface area (Å²) in [5.41, 5.74) is 7.59. The van der Waals surface area contributed by atoms with Crippen LogP contribution < -0.4 is 5.32 Å². The molecular weight excluding hydrogens is 400 g/mol. The van der Waals surface area contributed by atoms with Gasteiger partial charge in [0.1, 0.15) is 0 Å². The number of pyridine rings is 1. The molecule has 2 aliphatic rings. The molecule has 0 radical (unpaired) electrons. The molecule has 0 bridgehead atoms. The van der Waals surface area contributed by atoms with Crippen LogP contribution in [0.2, 0.25) is 0 Å². The molecule has 2 aromatic heterocycles. The molecule has 1 saturated heterocycles. The Morgan fingerprint density at radius 2 is 1.65 bits per heavy atom. The lowest BCUT2D eigenvalue weighted by Gasteiger charge is -2.33. The first-order valence-corrected chi connectivity index (χ1v) is 11.7. The molecule has 3 aromatic rings. The van der Waals surface area contributed by atoms with Crippen LogP contribution in [0.3, 0.4) is 0 Å². The van der Waals surface area contributed by atoms with Crippen molar-refractivity contribution in [2.75, 3.05) is 0 Å². The van der Waals surface area contributed by atoms with E-state index in [1.54, 1.807) is 0 Å². The minimum absolute atomic E-state index is 0.0534. The minimum atomic E-state index is 0.0534. The highest BCUT2D eigenvalue weighted by Crippen LogP contribution is 2.46. The number of nitrogens with one attached hydrogen (secondary N) is 1. The van der Waals surface area contributed by atoms with Crippen LogP contribution in [0.5, 0.6) is 0 Å². The first-order chi connectivity index (χ1) is 15.1. The smallest absolute Gasteiger partial charge is 0.170 e. The number of para-hydroxylation sites is 1. The van der Waals surface area contributed by atoms with E-state index in [0.29, 0.717) is 6.04 Å². The molecule has 1 saturated carbocycles. The fraction of sp³-hybridized carbons (Fsp3) is 0.385. The van der Waals surface area contributed by atoms with Gasteiger partial charge < -0.3 is 14.8 Å². The fourth-order valence-electron chi connectivity index (χ4n) is 5.66. The van der Waals surface area contributed by atoms with E-state index in [1.807, 2.05) is 12.3 Å². The van der Waals surface area contributed by atoms with Gasteiger partial charge in [0, 0.05) is 34.9 Å². The van der Waals surface area contributed by atoms with Crippen molar-refractivity contribution in [3.05, 3.63) is 82.9 Å². The Kier molecular flexibility index (Phi) is 5.30. The van der Waals surface area contributed by atoms with Gasteiger partial charge in [-0.05, 0) is 75.7 Å². The highest BCUT2D eigenvalue weighted by Gasteiger charge is 2.45. The molecular formula is C26H30N4S. The molecule has 3 heterocycles. The average molecular weight is 431 g/mol. The monoisotopic (exact) mass is 430 g/mol. The van der Waals surface area contributed by atoms with Gasteiger partial charge in [-0.2, -0.15) is 0 Å². The highest BCUT2D eigenvalue weighted by atomic mass is 32.1. The topological polar surface area (TPSA) is 33.1 Å². The van der Waals surface area contributed by atoms with Crippen molar-refractivity contribution >= 4 is 17.3 Å². The summed E-state index contributed by atoms with van der Waals surface area (Å²) >= 11 is 5.93.